The average molecular weight is 448 g/mol. The van der Waals surface area contributed by atoms with Crippen LogP contribution >= 0.6 is 0 Å². The maximum atomic E-state index is 13.1. The smallest absolute Gasteiger partial charge is 0.261 e. The number of nitrogens with zero attached hydrogens (tertiary/aromatic N) is 2. The van der Waals surface area contributed by atoms with Crippen molar-refractivity contribution in [2.24, 2.45) is 0 Å². The Morgan fingerprint density at radius 3 is 2.29 bits per heavy atom. The first-order valence-corrected chi connectivity index (χ1v) is 11.7. The van der Waals surface area contributed by atoms with Crippen LogP contribution in [0, 0.1) is 0 Å². The molecule has 31 heavy (non-hydrogen) atoms. The van der Waals surface area contributed by atoms with Gasteiger partial charge in [0, 0.05) is 13.1 Å². The summed E-state index contributed by atoms with van der Waals surface area (Å²) in [4.78, 5) is 14.1. The average Bonchev–Trinajstić information content (AvgIpc) is 2.78. The van der Waals surface area contributed by atoms with Gasteiger partial charge in [0.1, 0.15) is 17.5 Å². The van der Waals surface area contributed by atoms with Gasteiger partial charge in [0.15, 0.2) is 0 Å². The molecule has 1 heterocycles. The Labute approximate surface area is 183 Å². The van der Waals surface area contributed by atoms with Gasteiger partial charge in [-0.1, -0.05) is 18.6 Å². The number of carbonyl (C=O) groups excluding carboxylic acids is 1. The van der Waals surface area contributed by atoms with Crippen LogP contribution in [-0.2, 0) is 21.2 Å². The summed E-state index contributed by atoms with van der Waals surface area (Å²) in [5.41, 5.74) is 2.79. The summed E-state index contributed by atoms with van der Waals surface area (Å²) in [7, 11) is 0.199. The molecule has 0 bridgehead atoms. The number of nitrogens with one attached hydrogen (secondary N) is 1. The standard InChI is InChI=1S/C22H29N3O5S/c1-24(2)16-14-17-6-8-18(9-7-17)30-19-10-12-20(13-11-19)31(28,29)25-15-4-3-5-21(25)22(26)23-27/h6-13,21,27H,3-5,14-16H2,1-2H3,(H,23,26)/t21-/m1/s1. The van der Waals surface area contributed by atoms with Crippen molar-refractivity contribution >= 4 is 15.9 Å². The number of ether oxygens (including phenoxy) is 1. The fourth-order valence-electron chi connectivity index (χ4n) is 3.56. The van der Waals surface area contributed by atoms with E-state index in [-0.39, 0.29) is 11.4 Å². The van der Waals surface area contributed by atoms with Gasteiger partial charge >= 0.3 is 0 Å². The lowest BCUT2D eigenvalue weighted by Crippen LogP contribution is -2.51. The summed E-state index contributed by atoms with van der Waals surface area (Å²) < 4.78 is 33.1. The van der Waals surface area contributed by atoms with E-state index in [1.165, 1.54) is 17.7 Å². The third-order valence-corrected chi connectivity index (χ3v) is 7.23. The van der Waals surface area contributed by atoms with Crippen LogP contribution in [0.1, 0.15) is 24.8 Å². The van der Waals surface area contributed by atoms with Crippen molar-refractivity contribution in [2.75, 3.05) is 27.2 Å². The number of sulfonamides is 1. The van der Waals surface area contributed by atoms with Crippen LogP contribution < -0.4 is 10.2 Å². The van der Waals surface area contributed by atoms with Gasteiger partial charge < -0.3 is 9.64 Å². The van der Waals surface area contributed by atoms with E-state index < -0.39 is 22.0 Å². The van der Waals surface area contributed by atoms with Gasteiger partial charge in [-0.05, 0) is 75.3 Å². The molecular weight excluding hydrogens is 418 g/mol. The van der Waals surface area contributed by atoms with Crippen LogP contribution in [0.25, 0.3) is 0 Å². The fourth-order valence-corrected chi connectivity index (χ4v) is 5.21. The lowest BCUT2D eigenvalue weighted by atomic mass is 10.0. The summed E-state index contributed by atoms with van der Waals surface area (Å²) in [6.07, 6.45) is 2.72. The summed E-state index contributed by atoms with van der Waals surface area (Å²) in [6.45, 7) is 1.20. The minimum atomic E-state index is -3.87. The van der Waals surface area contributed by atoms with Crippen molar-refractivity contribution in [3.63, 3.8) is 0 Å². The van der Waals surface area contributed by atoms with E-state index in [0.717, 1.165) is 23.7 Å². The molecule has 3 rings (SSSR count). The van der Waals surface area contributed by atoms with Crippen molar-refractivity contribution in [2.45, 2.75) is 36.6 Å². The first kappa shape index (κ1) is 23.2. The number of amides is 1. The predicted molar refractivity (Wildman–Crippen MR) is 117 cm³/mol. The molecule has 1 aliphatic rings. The van der Waals surface area contributed by atoms with Crippen LogP contribution in [-0.4, -0.2) is 62.0 Å². The van der Waals surface area contributed by atoms with Gasteiger partial charge in [-0.15, -0.1) is 0 Å². The number of benzene rings is 2. The van der Waals surface area contributed by atoms with E-state index in [2.05, 4.69) is 4.90 Å². The Balaban J connectivity index is 1.69. The third kappa shape index (κ3) is 5.82. The Hall–Kier alpha value is -2.46. The minimum absolute atomic E-state index is 0.0801. The first-order valence-electron chi connectivity index (χ1n) is 10.3. The highest BCUT2D eigenvalue weighted by Gasteiger charge is 2.37. The second kappa shape index (κ2) is 10.2. The number of piperidine rings is 1. The summed E-state index contributed by atoms with van der Waals surface area (Å²) in [6, 6.07) is 13.0. The molecule has 1 saturated heterocycles. The summed E-state index contributed by atoms with van der Waals surface area (Å²) >= 11 is 0. The molecule has 0 aliphatic carbocycles. The normalized spacial score (nSPS) is 17.5. The van der Waals surface area contributed by atoms with Gasteiger partial charge in [0.05, 0.1) is 4.90 Å². The molecule has 0 radical (unpaired) electrons. The SMILES string of the molecule is CN(C)CCc1ccc(Oc2ccc(S(=O)(=O)N3CCCC[C@@H]3C(=O)NO)cc2)cc1. The molecule has 1 atom stereocenters. The van der Waals surface area contributed by atoms with E-state index in [4.69, 9.17) is 9.94 Å². The number of hydrogen-bond acceptors (Lipinski definition) is 6. The number of likely N-dealkylation sites (N-methyl/N-ethyl adjacent to an activating group) is 1. The van der Waals surface area contributed by atoms with Crippen LogP contribution in [0.4, 0.5) is 0 Å². The molecule has 1 aliphatic heterocycles. The lowest BCUT2D eigenvalue weighted by Gasteiger charge is -2.33. The van der Waals surface area contributed by atoms with E-state index in [1.807, 2.05) is 38.4 Å². The molecule has 8 nitrogen and oxygen atoms in total. The Morgan fingerprint density at radius 2 is 1.71 bits per heavy atom. The molecule has 2 aromatic carbocycles. The number of hydroxylamine groups is 1. The molecule has 0 saturated carbocycles. The van der Waals surface area contributed by atoms with Gasteiger partial charge in [-0.3, -0.25) is 10.0 Å². The number of rotatable bonds is 8. The molecule has 0 aromatic heterocycles. The summed E-state index contributed by atoms with van der Waals surface area (Å²) in [5, 5.41) is 8.95. The Bertz CT molecular complexity index is 975. The number of carbonyl (C=O) groups is 1. The van der Waals surface area contributed by atoms with Crippen LogP contribution in [0.3, 0.4) is 0 Å². The van der Waals surface area contributed by atoms with Crippen molar-refractivity contribution in [3.05, 3.63) is 54.1 Å². The van der Waals surface area contributed by atoms with Crippen molar-refractivity contribution in [3.8, 4) is 11.5 Å². The molecule has 9 heteroatoms. The Kier molecular flexibility index (Phi) is 7.66. The van der Waals surface area contributed by atoms with Crippen molar-refractivity contribution in [1.82, 2.24) is 14.7 Å². The molecule has 2 N–H and O–H groups in total. The van der Waals surface area contributed by atoms with Crippen molar-refractivity contribution in [1.29, 1.82) is 0 Å². The molecule has 1 amide bonds. The van der Waals surface area contributed by atoms with Gasteiger partial charge in [0.25, 0.3) is 5.91 Å². The lowest BCUT2D eigenvalue weighted by molar-refractivity contribution is -0.134. The van der Waals surface area contributed by atoms with E-state index in [1.54, 1.807) is 17.6 Å². The van der Waals surface area contributed by atoms with Crippen molar-refractivity contribution < 1.29 is 23.2 Å². The van der Waals surface area contributed by atoms with Gasteiger partial charge in [-0.25, -0.2) is 13.9 Å². The van der Waals surface area contributed by atoms with Crippen LogP contribution in [0.15, 0.2) is 53.4 Å². The van der Waals surface area contributed by atoms with Gasteiger partial charge in [-0.2, -0.15) is 4.31 Å². The number of hydrogen-bond donors (Lipinski definition) is 2. The molecule has 2 aromatic rings. The Morgan fingerprint density at radius 1 is 1.10 bits per heavy atom. The topological polar surface area (TPSA) is 99.2 Å². The fraction of sp³-hybridized carbons (Fsp3) is 0.409. The van der Waals surface area contributed by atoms with Crippen LogP contribution in [0.2, 0.25) is 0 Å². The second-order valence-corrected chi connectivity index (χ2v) is 9.76. The zero-order valence-electron chi connectivity index (χ0n) is 17.8. The van der Waals surface area contributed by atoms with E-state index in [0.29, 0.717) is 24.3 Å². The zero-order chi connectivity index (χ0) is 22.4. The highest BCUT2D eigenvalue weighted by Crippen LogP contribution is 2.28. The largest absolute Gasteiger partial charge is 0.457 e. The monoisotopic (exact) mass is 447 g/mol. The quantitative estimate of drug-likeness (QED) is 0.477. The van der Waals surface area contributed by atoms with E-state index >= 15 is 0 Å². The first-order chi connectivity index (χ1) is 14.8. The third-order valence-electron chi connectivity index (χ3n) is 5.30. The highest BCUT2D eigenvalue weighted by molar-refractivity contribution is 7.89. The van der Waals surface area contributed by atoms with Crippen LogP contribution in [0.5, 0.6) is 11.5 Å². The molecule has 168 valence electrons. The molecular formula is C22H29N3O5S. The molecule has 1 fully saturated rings. The maximum absolute atomic E-state index is 13.1. The molecule has 0 spiro atoms. The summed E-state index contributed by atoms with van der Waals surface area (Å²) in [5.74, 6) is 0.473. The van der Waals surface area contributed by atoms with E-state index in [9.17, 15) is 13.2 Å². The second-order valence-electron chi connectivity index (χ2n) is 7.87. The predicted octanol–water partition coefficient (Wildman–Crippen LogP) is 2.63. The molecule has 0 unspecified atom stereocenters. The highest BCUT2D eigenvalue weighted by atomic mass is 32.2. The van der Waals surface area contributed by atoms with Gasteiger partial charge in [0.2, 0.25) is 10.0 Å². The maximum Gasteiger partial charge on any atom is 0.261 e. The minimum Gasteiger partial charge on any atom is -0.457 e. The zero-order valence-corrected chi connectivity index (χ0v) is 18.6.